The van der Waals surface area contributed by atoms with Crippen LogP contribution >= 0.6 is 0 Å². The Morgan fingerprint density at radius 3 is 2.43 bits per heavy atom. The van der Waals surface area contributed by atoms with Gasteiger partial charge in [0.05, 0.1) is 7.11 Å². The highest BCUT2D eigenvalue weighted by Gasteiger charge is 2.56. The number of hydrogen-bond acceptors (Lipinski definition) is 5. The van der Waals surface area contributed by atoms with Crippen molar-refractivity contribution in [2.24, 2.45) is 5.92 Å². The fraction of sp³-hybridized carbons (Fsp3) is 0.867. The largest absolute Gasteiger partial charge is 0.467 e. The fourth-order valence-electron chi connectivity index (χ4n) is 2.85. The van der Waals surface area contributed by atoms with Crippen LogP contribution in [0, 0.1) is 5.92 Å². The van der Waals surface area contributed by atoms with Crippen molar-refractivity contribution in [3.05, 3.63) is 0 Å². The van der Waals surface area contributed by atoms with E-state index in [9.17, 15) is 18.4 Å². The molecule has 0 aromatic heterocycles. The molecule has 1 amide bonds. The Hall–Kier alpha value is -1.44. The summed E-state index contributed by atoms with van der Waals surface area (Å²) in [6.45, 7) is 4.45. The monoisotopic (exact) mass is 337 g/mol. The van der Waals surface area contributed by atoms with E-state index in [0.717, 1.165) is 12.0 Å². The normalized spacial score (nSPS) is 24.9. The van der Waals surface area contributed by atoms with Crippen LogP contribution in [0.1, 0.15) is 40.0 Å². The number of likely N-dealkylation sites (tertiary alicyclic amines) is 1. The lowest BCUT2D eigenvalue weighted by Gasteiger charge is -2.36. The van der Waals surface area contributed by atoms with Crippen LogP contribution in [-0.2, 0) is 14.3 Å². The number of carbonyl (C=O) groups is 2. The Labute approximate surface area is 134 Å². The SMILES string of the molecule is COC(=O)[C@@]1(CCCO)CC(C(F)F)CN1C(=O)OC(C)(C)C. The fourth-order valence-corrected chi connectivity index (χ4v) is 2.85. The summed E-state index contributed by atoms with van der Waals surface area (Å²) >= 11 is 0. The smallest absolute Gasteiger partial charge is 0.411 e. The lowest BCUT2D eigenvalue weighted by molar-refractivity contribution is -0.154. The number of alkyl halides is 2. The van der Waals surface area contributed by atoms with Gasteiger partial charge in [0.2, 0.25) is 6.43 Å². The molecule has 2 atom stereocenters. The van der Waals surface area contributed by atoms with Gasteiger partial charge >= 0.3 is 12.1 Å². The van der Waals surface area contributed by atoms with Crippen molar-refractivity contribution in [2.75, 3.05) is 20.3 Å². The summed E-state index contributed by atoms with van der Waals surface area (Å²) in [5.74, 6) is -1.90. The van der Waals surface area contributed by atoms with E-state index in [1.807, 2.05) is 0 Å². The average molecular weight is 337 g/mol. The van der Waals surface area contributed by atoms with Crippen LogP contribution in [0.25, 0.3) is 0 Å². The molecule has 8 heteroatoms. The van der Waals surface area contributed by atoms with Gasteiger partial charge in [0.1, 0.15) is 11.1 Å². The van der Waals surface area contributed by atoms with Crippen LogP contribution in [0.4, 0.5) is 13.6 Å². The van der Waals surface area contributed by atoms with Crippen LogP contribution in [0.15, 0.2) is 0 Å². The maximum Gasteiger partial charge on any atom is 0.411 e. The molecular weight excluding hydrogens is 312 g/mol. The molecule has 1 aliphatic heterocycles. The topological polar surface area (TPSA) is 76.1 Å². The number of halogens is 2. The summed E-state index contributed by atoms with van der Waals surface area (Å²) in [6, 6.07) is 0. The maximum absolute atomic E-state index is 13.2. The lowest BCUT2D eigenvalue weighted by atomic mass is 9.87. The van der Waals surface area contributed by atoms with Gasteiger partial charge in [-0.05, 0) is 40.0 Å². The van der Waals surface area contributed by atoms with Gasteiger partial charge in [-0.15, -0.1) is 0 Å². The van der Waals surface area contributed by atoms with Crippen LogP contribution in [-0.4, -0.2) is 59.9 Å². The van der Waals surface area contributed by atoms with Crippen molar-refractivity contribution in [3.8, 4) is 0 Å². The summed E-state index contributed by atoms with van der Waals surface area (Å²) in [7, 11) is 1.14. The standard InChI is InChI=1S/C15H25F2NO5/c1-14(2,3)23-13(21)18-9-10(11(16)17)8-15(18,6-5-7-19)12(20)22-4/h10-11,19H,5-9H2,1-4H3/t10?,15-/m1/s1. The zero-order valence-corrected chi connectivity index (χ0v) is 14.0. The maximum atomic E-state index is 13.2. The number of methoxy groups -OCH3 is 1. The van der Waals surface area contributed by atoms with Crippen molar-refractivity contribution >= 4 is 12.1 Å². The van der Waals surface area contributed by atoms with Crippen molar-refractivity contribution < 1.29 is 33.0 Å². The molecule has 0 spiro atoms. The van der Waals surface area contributed by atoms with E-state index in [4.69, 9.17) is 14.6 Å². The first-order valence-electron chi connectivity index (χ1n) is 7.55. The van der Waals surface area contributed by atoms with Gasteiger partial charge in [-0.2, -0.15) is 0 Å². The molecule has 1 heterocycles. The Bertz CT molecular complexity index is 438. The minimum atomic E-state index is -2.67. The summed E-state index contributed by atoms with van der Waals surface area (Å²) < 4.78 is 36.3. The first-order chi connectivity index (χ1) is 10.6. The number of carbonyl (C=O) groups excluding carboxylic acids is 2. The molecule has 1 saturated heterocycles. The number of amides is 1. The molecule has 0 radical (unpaired) electrons. The summed E-state index contributed by atoms with van der Waals surface area (Å²) in [5.41, 5.74) is -2.35. The summed E-state index contributed by atoms with van der Waals surface area (Å²) in [6.07, 6.45) is -3.48. The minimum Gasteiger partial charge on any atom is -0.467 e. The highest BCUT2D eigenvalue weighted by Crippen LogP contribution is 2.41. The first kappa shape index (κ1) is 19.6. The predicted octanol–water partition coefficient (Wildman–Crippen LogP) is 2.19. The molecule has 1 unspecified atom stereocenters. The number of aliphatic hydroxyl groups is 1. The number of hydrogen-bond donors (Lipinski definition) is 1. The van der Waals surface area contributed by atoms with Crippen molar-refractivity contribution in [2.45, 2.75) is 57.6 Å². The third-order valence-corrected chi connectivity index (χ3v) is 3.82. The second-order valence-electron chi connectivity index (χ2n) is 6.74. The lowest BCUT2D eigenvalue weighted by Crippen LogP contribution is -2.54. The Balaban J connectivity index is 3.17. The molecular formula is C15H25F2NO5. The molecule has 134 valence electrons. The quantitative estimate of drug-likeness (QED) is 0.778. The second-order valence-corrected chi connectivity index (χ2v) is 6.74. The van der Waals surface area contributed by atoms with E-state index < -0.39 is 35.5 Å². The van der Waals surface area contributed by atoms with E-state index in [2.05, 4.69) is 0 Å². The zero-order chi connectivity index (χ0) is 17.8. The Kier molecular flexibility index (Phi) is 6.33. The van der Waals surface area contributed by atoms with Gasteiger partial charge in [-0.1, -0.05) is 0 Å². The van der Waals surface area contributed by atoms with E-state index in [1.165, 1.54) is 0 Å². The third-order valence-electron chi connectivity index (χ3n) is 3.82. The van der Waals surface area contributed by atoms with Crippen LogP contribution in [0.5, 0.6) is 0 Å². The van der Waals surface area contributed by atoms with Crippen molar-refractivity contribution in [1.82, 2.24) is 4.90 Å². The Morgan fingerprint density at radius 1 is 1.39 bits per heavy atom. The molecule has 1 fully saturated rings. The van der Waals surface area contributed by atoms with Crippen LogP contribution in [0.3, 0.4) is 0 Å². The van der Waals surface area contributed by atoms with E-state index in [1.54, 1.807) is 20.8 Å². The Morgan fingerprint density at radius 2 is 2.00 bits per heavy atom. The van der Waals surface area contributed by atoms with Gasteiger partial charge in [-0.3, -0.25) is 4.90 Å². The van der Waals surface area contributed by atoms with Crippen molar-refractivity contribution in [3.63, 3.8) is 0 Å². The molecule has 0 aromatic carbocycles. The summed E-state index contributed by atoms with van der Waals surface area (Å²) in [5, 5.41) is 9.05. The van der Waals surface area contributed by atoms with Gasteiger partial charge in [0.15, 0.2) is 0 Å². The molecule has 1 rings (SSSR count). The molecule has 23 heavy (non-hydrogen) atoms. The van der Waals surface area contributed by atoms with E-state index >= 15 is 0 Å². The summed E-state index contributed by atoms with van der Waals surface area (Å²) in [4.78, 5) is 25.7. The van der Waals surface area contributed by atoms with Crippen molar-refractivity contribution in [1.29, 1.82) is 0 Å². The minimum absolute atomic E-state index is 0.0403. The highest BCUT2D eigenvalue weighted by atomic mass is 19.3. The zero-order valence-electron chi connectivity index (χ0n) is 14.0. The molecule has 6 nitrogen and oxygen atoms in total. The third kappa shape index (κ3) is 4.53. The average Bonchev–Trinajstić information content (AvgIpc) is 2.83. The molecule has 0 aromatic rings. The van der Waals surface area contributed by atoms with Gasteiger partial charge in [0, 0.05) is 19.1 Å². The highest BCUT2D eigenvalue weighted by molar-refractivity contribution is 5.86. The van der Waals surface area contributed by atoms with Gasteiger partial charge in [0.25, 0.3) is 0 Å². The molecule has 1 aliphatic rings. The van der Waals surface area contributed by atoms with Crippen LogP contribution < -0.4 is 0 Å². The number of aliphatic hydroxyl groups excluding tert-OH is 1. The predicted molar refractivity (Wildman–Crippen MR) is 78.1 cm³/mol. The second kappa shape index (κ2) is 7.42. The molecule has 1 N–H and O–H groups in total. The molecule has 0 saturated carbocycles. The van der Waals surface area contributed by atoms with Gasteiger partial charge in [-0.25, -0.2) is 18.4 Å². The number of rotatable bonds is 5. The van der Waals surface area contributed by atoms with Crippen LogP contribution in [0.2, 0.25) is 0 Å². The number of nitrogens with zero attached hydrogens (tertiary/aromatic N) is 1. The number of esters is 1. The van der Waals surface area contributed by atoms with Gasteiger partial charge < -0.3 is 14.6 Å². The molecule has 0 bridgehead atoms. The number of ether oxygens (including phenoxy) is 2. The first-order valence-corrected chi connectivity index (χ1v) is 7.55. The van der Waals surface area contributed by atoms with E-state index in [0.29, 0.717) is 0 Å². The van der Waals surface area contributed by atoms with E-state index in [-0.39, 0.29) is 32.4 Å². The molecule has 0 aliphatic carbocycles.